The van der Waals surface area contributed by atoms with Gasteiger partial charge in [0, 0.05) is 7.05 Å². The molecule has 1 aromatic heterocycles. The Morgan fingerprint density at radius 1 is 1.67 bits per heavy atom. The summed E-state index contributed by atoms with van der Waals surface area (Å²) < 4.78 is 0.784. The lowest BCUT2D eigenvalue weighted by Gasteiger charge is -2.19. The molecule has 0 aliphatic heterocycles. The predicted molar refractivity (Wildman–Crippen MR) is 63.6 cm³/mol. The highest BCUT2D eigenvalue weighted by Gasteiger charge is 2.12. The number of carbonyl (C=O) groups is 1. The minimum absolute atomic E-state index is 0.120. The number of primary amides is 1. The SMILES string of the molecule is Cc1c(N)cnc(N(C)CC(N)=O)c1Br. The van der Waals surface area contributed by atoms with Crippen LogP contribution in [0.2, 0.25) is 0 Å². The van der Waals surface area contributed by atoms with Crippen molar-refractivity contribution < 1.29 is 4.79 Å². The maximum absolute atomic E-state index is 10.8. The number of pyridine rings is 1. The van der Waals surface area contributed by atoms with Gasteiger partial charge in [0.1, 0.15) is 5.82 Å². The van der Waals surface area contributed by atoms with E-state index >= 15 is 0 Å². The molecular formula is C9H13BrN4O. The van der Waals surface area contributed by atoms with Crippen molar-refractivity contribution in [3.8, 4) is 0 Å². The Morgan fingerprint density at radius 2 is 2.27 bits per heavy atom. The quantitative estimate of drug-likeness (QED) is 0.847. The van der Waals surface area contributed by atoms with Gasteiger partial charge in [-0.25, -0.2) is 4.98 Å². The summed E-state index contributed by atoms with van der Waals surface area (Å²) in [5, 5.41) is 0. The van der Waals surface area contributed by atoms with E-state index in [1.165, 1.54) is 0 Å². The number of nitrogen functional groups attached to an aromatic ring is 1. The lowest BCUT2D eigenvalue weighted by molar-refractivity contribution is -0.116. The summed E-state index contributed by atoms with van der Waals surface area (Å²) in [7, 11) is 1.74. The second-order valence-electron chi connectivity index (χ2n) is 3.30. The molecule has 6 heteroatoms. The van der Waals surface area contributed by atoms with Gasteiger partial charge in [-0.3, -0.25) is 4.79 Å². The van der Waals surface area contributed by atoms with Gasteiger partial charge in [-0.15, -0.1) is 0 Å². The minimum Gasteiger partial charge on any atom is -0.397 e. The van der Waals surface area contributed by atoms with Crippen LogP contribution in [0.3, 0.4) is 0 Å². The van der Waals surface area contributed by atoms with Crippen LogP contribution in [0.15, 0.2) is 10.7 Å². The molecule has 0 unspecified atom stereocenters. The van der Waals surface area contributed by atoms with Crippen molar-refractivity contribution in [3.05, 3.63) is 16.2 Å². The van der Waals surface area contributed by atoms with Crippen LogP contribution in [0.4, 0.5) is 11.5 Å². The Labute approximate surface area is 96.6 Å². The van der Waals surface area contributed by atoms with E-state index < -0.39 is 5.91 Å². The minimum atomic E-state index is -0.402. The van der Waals surface area contributed by atoms with Gasteiger partial charge < -0.3 is 16.4 Å². The van der Waals surface area contributed by atoms with E-state index in [4.69, 9.17) is 11.5 Å². The average molecular weight is 273 g/mol. The Morgan fingerprint density at radius 3 is 2.80 bits per heavy atom. The molecule has 82 valence electrons. The van der Waals surface area contributed by atoms with E-state index in [1.54, 1.807) is 18.1 Å². The van der Waals surface area contributed by atoms with Crippen molar-refractivity contribution >= 4 is 33.3 Å². The van der Waals surface area contributed by atoms with Gasteiger partial charge in [0.15, 0.2) is 0 Å². The van der Waals surface area contributed by atoms with Gasteiger partial charge >= 0.3 is 0 Å². The largest absolute Gasteiger partial charge is 0.397 e. The van der Waals surface area contributed by atoms with Gasteiger partial charge in [-0.05, 0) is 28.4 Å². The summed E-state index contributed by atoms with van der Waals surface area (Å²) >= 11 is 3.39. The Bertz CT molecular complexity index is 394. The van der Waals surface area contributed by atoms with E-state index in [9.17, 15) is 4.79 Å². The molecule has 0 saturated carbocycles. The van der Waals surface area contributed by atoms with E-state index in [0.29, 0.717) is 11.5 Å². The zero-order chi connectivity index (χ0) is 11.6. The fourth-order valence-electron chi connectivity index (χ4n) is 1.15. The molecule has 0 aliphatic rings. The van der Waals surface area contributed by atoms with Crippen LogP contribution in [0.5, 0.6) is 0 Å². The molecule has 4 N–H and O–H groups in total. The fourth-order valence-corrected chi connectivity index (χ4v) is 1.79. The van der Waals surface area contributed by atoms with Gasteiger partial charge in [0.2, 0.25) is 5.91 Å². The number of hydrogen-bond donors (Lipinski definition) is 2. The molecule has 1 rings (SSSR count). The van der Waals surface area contributed by atoms with Crippen molar-refractivity contribution in [2.24, 2.45) is 5.73 Å². The first-order valence-electron chi connectivity index (χ1n) is 4.33. The first-order valence-corrected chi connectivity index (χ1v) is 5.12. The number of anilines is 2. The Balaban J connectivity index is 3.05. The van der Waals surface area contributed by atoms with Crippen LogP contribution < -0.4 is 16.4 Å². The predicted octanol–water partition coefficient (Wildman–Crippen LogP) is 0.656. The summed E-state index contributed by atoms with van der Waals surface area (Å²) in [6.07, 6.45) is 1.56. The third-order valence-electron chi connectivity index (χ3n) is 2.04. The van der Waals surface area contributed by atoms with Crippen LogP contribution in [0.25, 0.3) is 0 Å². The number of amides is 1. The van der Waals surface area contributed by atoms with Crippen molar-refractivity contribution in [3.63, 3.8) is 0 Å². The smallest absolute Gasteiger partial charge is 0.236 e. The number of hydrogen-bond acceptors (Lipinski definition) is 4. The zero-order valence-electron chi connectivity index (χ0n) is 8.62. The molecule has 0 aliphatic carbocycles. The van der Waals surface area contributed by atoms with Gasteiger partial charge in [0.25, 0.3) is 0 Å². The van der Waals surface area contributed by atoms with Crippen LogP contribution >= 0.6 is 15.9 Å². The molecule has 1 amide bonds. The van der Waals surface area contributed by atoms with E-state index in [0.717, 1.165) is 10.0 Å². The summed E-state index contributed by atoms with van der Waals surface area (Å²) in [5.74, 6) is 0.251. The Kier molecular flexibility index (Phi) is 3.52. The third kappa shape index (κ3) is 2.59. The van der Waals surface area contributed by atoms with Crippen molar-refractivity contribution in [2.75, 3.05) is 24.2 Å². The fraction of sp³-hybridized carbons (Fsp3) is 0.333. The Hall–Kier alpha value is -1.30. The van der Waals surface area contributed by atoms with Gasteiger partial charge in [-0.2, -0.15) is 0 Å². The number of carbonyl (C=O) groups excluding carboxylic acids is 1. The third-order valence-corrected chi connectivity index (χ3v) is 2.99. The first kappa shape index (κ1) is 11.8. The van der Waals surface area contributed by atoms with E-state index in [1.807, 2.05) is 6.92 Å². The number of nitrogens with two attached hydrogens (primary N) is 2. The molecule has 0 spiro atoms. The second kappa shape index (κ2) is 4.48. The molecule has 1 heterocycles. The molecule has 15 heavy (non-hydrogen) atoms. The molecular weight excluding hydrogens is 260 g/mol. The maximum Gasteiger partial charge on any atom is 0.236 e. The number of likely N-dealkylation sites (N-methyl/N-ethyl adjacent to an activating group) is 1. The van der Waals surface area contributed by atoms with Gasteiger partial charge in [-0.1, -0.05) is 0 Å². The van der Waals surface area contributed by atoms with Crippen LogP contribution in [-0.2, 0) is 4.79 Å². The summed E-state index contributed by atoms with van der Waals surface area (Å²) in [5.41, 5.74) is 12.3. The first-order chi connectivity index (χ1) is 6.93. The van der Waals surface area contributed by atoms with E-state index in [2.05, 4.69) is 20.9 Å². The summed E-state index contributed by atoms with van der Waals surface area (Å²) in [6.45, 7) is 2.00. The maximum atomic E-state index is 10.8. The monoisotopic (exact) mass is 272 g/mol. The molecule has 0 saturated heterocycles. The molecule has 0 bridgehead atoms. The molecule has 0 aromatic carbocycles. The standard InChI is InChI=1S/C9H13BrN4O/c1-5-6(11)3-13-9(8(5)10)14(2)4-7(12)15/h3H,4,11H2,1-2H3,(H2,12,15). The highest BCUT2D eigenvalue weighted by molar-refractivity contribution is 9.10. The molecule has 0 fully saturated rings. The van der Waals surface area contributed by atoms with E-state index in [-0.39, 0.29) is 6.54 Å². The highest BCUT2D eigenvalue weighted by atomic mass is 79.9. The van der Waals surface area contributed by atoms with Crippen LogP contribution in [-0.4, -0.2) is 24.5 Å². The molecule has 5 nitrogen and oxygen atoms in total. The topological polar surface area (TPSA) is 85.2 Å². The van der Waals surface area contributed by atoms with Crippen molar-refractivity contribution in [1.29, 1.82) is 0 Å². The number of halogens is 1. The number of rotatable bonds is 3. The zero-order valence-corrected chi connectivity index (χ0v) is 10.2. The average Bonchev–Trinajstić information content (AvgIpc) is 2.13. The van der Waals surface area contributed by atoms with Gasteiger partial charge in [0.05, 0.1) is 22.9 Å². The van der Waals surface area contributed by atoms with Crippen molar-refractivity contribution in [2.45, 2.75) is 6.92 Å². The summed E-state index contributed by atoms with van der Waals surface area (Å²) in [4.78, 5) is 16.6. The van der Waals surface area contributed by atoms with Crippen LogP contribution in [0, 0.1) is 6.92 Å². The number of nitrogens with zero attached hydrogens (tertiary/aromatic N) is 2. The molecule has 0 atom stereocenters. The lowest BCUT2D eigenvalue weighted by atomic mass is 10.2. The van der Waals surface area contributed by atoms with Crippen LogP contribution in [0.1, 0.15) is 5.56 Å². The van der Waals surface area contributed by atoms with Crippen molar-refractivity contribution in [1.82, 2.24) is 4.98 Å². The molecule has 1 aromatic rings. The molecule has 0 radical (unpaired) electrons. The number of aromatic nitrogens is 1. The summed E-state index contributed by atoms with van der Waals surface area (Å²) in [6, 6.07) is 0. The second-order valence-corrected chi connectivity index (χ2v) is 4.09. The lowest BCUT2D eigenvalue weighted by Crippen LogP contribution is -2.31. The highest BCUT2D eigenvalue weighted by Crippen LogP contribution is 2.29. The normalized spacial score (nSPS) is 10.1.